The van der Waals surface area contributed by atoms with Gasteiger partial charge in [0.1, 0.15) is 0 Å². The van der Waals surface area contributed by atoms with Crippen LogP contribution in [-0.2, 0) is 23.8 Å². The molecule has 1 aliphatic heterocycles. The third-order valence-corrected chi connectivity index (χ3v) is 3.20. The van der Waals surface area contributed by atoms with Crippen LogP contribution in [0.5, 0.6) is 0 Å². The van der Waals surface area contributed by atoms with Crippen LogP contribution in [0, 0.1) is 0 Å². The van der Waals surface area contributed by atoms with Gasteiger partial charge in [-0.2, -0.15) is 0 Å². The molecule has 94 valence electrons. The Kier molecular flexibility index (Phi) is 3.09. The first-order valence-electron chi connectivity index (χ1n) is 5.79. The van der Waals surface area contributed by atoms with Crippen LogP contribution in [-0.4, -0.2) is 24.6 Å². The summed E-state index contributed by atoms with van der Waals surface area (Å²) in [4.78, 5) is 22.8. The zero-order valence-electron chi connectivity index (χ0n) is 10.1. The van der Waals surface area contributed by atoms with Crippen molar-refractivity contribution in [3.05, 3.63) is 11.5 Å². The number of hydrogen-bond acceptors (Lipinski definition) is 5. The van der Waals surface area contributed by atoms with E-state index in [2.05, 4.69) is 0 Å². The molecule has 0 bridgehead atoms. The molecule has 0 aromatic rings. The van der Waals surface area contributed by atoms with E-state index in [1.54, 1.807) is 0 Å². The standard InChI is InChI=1S/C12H16O5/c1-8(13)16-10-9(15-2)11(14)17-12(10)6-4-3-5-7-12/h3-7H2,1-2H3. The third-order valence-electron chi connectivity index (χ3n) is 3.20. The second kappa shape index (κ2) is 4.39. The Hall–Kier alpha value is -1.52. The monoisotopic (exact) mass is 240 g/mol. The van der Waals surface area contributed by atoms with E-state index in [4.69, 9.17) is 14.2 Å². The molecule has 17 heavy (non-hydrogen) atoms. The van der Waals surface area contributed by atoms with Gasteiger partial charge in [0, 0.05) is 6.92 Å². The highest BCUT2D eigenvalue weighted by Crippen LogP contribution is 2.44. The Morgan fingerprint density at radius 1 is 1.29 bits per heavy atom. The molecule has 1 saturated carbocycles. The van der Waals surface area contributed by atoms with E-state index in [-0.39, 0.29) is 11.5 Å². The van der Waals surface area contributed by atoms with Crippen LogP contribution in [0.3, 0.4) is 0 Å². The third kappa shape index (κ3) is 2.01. The number of methoxy groups -OCH3 is 1. The van der Waals surface area contributed by atoms with Crippen LogP contribution in [0.15, 0.2) is 11.5 Å². The maximum Gasteiger partial charge on any atom is 0.378 e. The molecule has 5 heteroatoms. The van der Waals surface area contributed by atoms with Gasteiger partial charge in [-0.05, 0) is 25.7 Å². The lowest BCUT2D eigenvalue weighted by atomic mass is 9.83. The van der Waals surface area contributed by atoms with Gasteiger partial charge in [-0.1, -0.05) is 6.42 Å². The maximum absolute atomic E-state index is 11.7. The van der Waals surface area contributed by atoms with E-state index in [1.807, 2.05) is 0 Å². The Morgan fingerprint density at radius 3 is 2.47 bits per heavy atom. The molecule has 2 aliphatic rings. The van der Waals surface area contributed by atoms with Crippen molar-refractivity contribution in [3.63, 3.8) is 0 Å². The molecule has 0 amide bonds. The van der Waals surface area contributed by atoms with Crippen LogP contribution >= 0.6 is 0 Å². The van der Waals surface area contributed by atoms with Gasteiger partial charge in [-0.25, -0.2) is 4.79 Å². The second-order valence-electron chi connectivity index (χ2n) is 4.40. The molecule has 0 aromatic carbocycles. The van der Waals surface area contributed by atoms with Crippen molar-refractivity contribution in [1.29, 1.82) is 0 Å². The average molecular weight is 240 g/mol. The fraction of sp³-hybridized carbons (Fsp3) is 0.667. The van der Waals surface area contributed by atoms with E-state index in [0.717, 1.165) is 19.3 Å². The lowest BCUT2D eigenvalue weighted by Crippen LogP contribution is -2.36. The van der Waals surface area contributed by atoms with Crippen molar-refractivity contribution in [2.75, 3.05) is 7.11 Å². The van der Waals surface area contributed by atoms with Gasteiger partial charge in [0.2, 0.25) is 11.5 Å². The summed E-state index contributed by atoms with van der Waals surface area (Å²) >= 11 is 0. The van der Waals surface area contributed by atoms with E-state index in [1.165, 1.54) is 14.0 Å². The van der Waals surface area contributed by atoms with Crippen LogP contribution < -0.4 is 0 Å². The molecule has 0 unspecified atom stereocenters. The van der Waals surface area contributed by atoms with Gasteiger partial charge in [-0.3, -0.25) is 4.79 Å². The molecule has 1 spiro atoms. The Bertz CT molecular complexity index is 376. The molecule has 0 saturated heterocycles. The summed E-state index contributed by atoms with van der Waals surface area (Å²) < 4.78 is 15.5. The normalized spacial score (nSPS) is 22.6. The Balaban J connectivity index is 2.36. The topological polar surface area (TPSA) is 61.8 Å². The fourth-order valence-electron chi connectivity index (χ4n) is 2.48. The van der Waals surface area contributed by atoms with Crippen molar-refractivity contribution in [2.45, 2.75) is 44.6 Å². The average Bonchev–Trinajstić information content (AvgIpc) is 2.52. The summed E-state index contributed by atoms with van der Waals surface area (Å²) in [5, 5.41) is 0. The van der Waals surface area contributed by atoms with Gasteiger partial charge >= 0.3 is 11.9 Å². The first kappa shape index (κ1) is 12.0. The summed E-state index contributed by atoms with van der Waals surface area (Å²) in [6, 6.07) is 0. The fourth-order valence-corrected chi connectivity index (χ4v) is 2.48. The zero-order chi connectivity index (χ0) is 12.5. The summed E-state index contributed by atoms with van der Waals surface area (Å²) in [5.74, 6) is -0.706. The van der Waals surface area contributed by atoms with Gasteiger partial charge in [0.15, 0.2) is 5.60 Å². The van der Waals surface area contributed by atoms with Crippen LogP contribution in [0.4, 0.5) is 0 Å². The number of hydrogen-bond donors (Lipinski definition) is 0. The largest absolute Gasteiger partial charge is 0.487 e. The highest BCUT2D eigenvalue weighted by Gasteiger charge is 2.51. The summed E-state index contributed by atoms with van der Waals surface area (Å²) in [6.07, 6.45) is 4.39. The highest BCUT2D eigenvalue weighted by molar-refractivity contribution is 5.91. The lowest BCUT2D eigenvalue weighted by molar-refractivity contribution is -0.156. The van der Waals surface area contributed by atoms with Crippen LogP contribution in [0.25, 0.3) is 0 Å². The van der Waals surface area contributed by atoms with Crippen molar-refractivity contribution in [1.82, 2.24) is 0 Å². The molecule has 0 N–H and O–H groups in total. The SMILES string of the molecule is COC1=C(OC(C)=O)C2(CCCCC2)OC1=O. The molecule has 1 aliphatic carbocycles. The molecule has 0 radical (unpaired) electrons. The minimum Gasteiger partial charge on any atom is -0.487 e. The summed E-state index contributed by atoms with van der Waals surface area (Å²) in [5.41, 5.74) is -0.771. The van der Waals surface area contributed by atoms with Crippen molar-refractivity contribution in [3.8, 4) is 0 Å². The Labute approximate surface area is 99.7 Å². The van der Waals surface area contributed by atoms with Gasteiger partial charge < -0.3 is 14.2 Å². The van der Waals surface area contributed by atoms with Gasteiger partial charge in [0.25, 0.3) is 0 Å². The van der Waals surface area contributed by atoms with E-state index < -0.39 is 17.5 Å². The minimum absolute atomic E-state index is 0.0297. The van der Waals surface area contributed by atoms with Crippen molar-refractivity contribution >= 4 is 11.9 Å². The van der Waals surface area contributed by atoms with E-state index in [9.17, 15) is 9.59 Å². The molecular formula is C12H16O5. The van der Waals surface area contributed by atoms with Crippen LogP contribution in [0.2, 0.25) is 0 Å². The van der Waals surface area contributed by atoms with E-state index in [0.29, 0.717) is 12.8 Å². The molecule has 5 nitrogen and oxygen atoms in total. The van der Waals surface area contributed by atoms with Gasteiger partial charge in [-0.15, -0.1) is 0 Å². The van der Waals surface area contributed by atoms with Crippen molar-refractivity contribution < 1.29 is 23.8 Å². The highest BCUT2D eigenvalue weighted by atomic mass is 16.6. The number of esters is 2. The number of rotatable bonds is 2. The predicted molar refractivity (Wildman–Crippen MR) is 57.7 cm³/mol. The molecule has 1 fully saturated rings. The second-order valence-corrected chi connectivity index (χ2v) is 4.40. The minimum atomic E-state index is -0.771. The first-order chi connectivity index (χ1) is 8.09. The van der Waals surface area contributed by atoms with Crippen molar-refractivity contribution in [2.24, 2.45) is 0 Å². The van der Waals surface area contributed by atoms with E-state index >= 15 is 0 Å². The first-order valence-corrected chi connectivity index (χ1v) is 5.79. The maximum atomic E-state index is 11.7. The molecule has 0 aromatic heterocycles. The predicted octanol–water partition coefficient (Wildman–Crippen LogP) is 1.67. The van der Waals surface area contributed by atoms with Crippen LogP contribution in [0.1, 0.15) is 39.0 Å². The zero-order valence-corrected chi connectivity index (χ0v) is 10.1. The number of ether oxygens (including phenoxy) is 3. The number of carbonyl (C=O) groups is 2. The molecule has 1 heterocycles. The summed E-state index contributed by atoms with van der Waals surface area (Å²) in [7, 11) is 1.38. The molecular weight excluding hydrogens is 224 g/mol. The lowest BCUT2D eigenvalue weighted by Gasteiger charge is -2.32. The van der Waals surface area contributed by atoms with Gasteiger partial charge in [0.05, 0.1) is 7.11 Å². The molecule has 0 atom stereocenters. The number of carbonyl (C=O) groups excluding carboxylic acids is 2. The smallest absolute Gasteiger partial charge is 0.378 e. The Morgan fingerprint density at radius 2 is 1.94 bits per heavy atom. The summed E-state index contributed by atoms with van der Waals surface area (Å²) in [6.45, 7) is 1.31. The quantitative estimate of drug-likeness (QED) is 0.687. The molecule has 2 rings (SSSR count).